The first-order chi connectivity index (χ1) is 9.90. The minimum absolute atomic E-state index is 0.0960. The van der Waals surface area contributed by atoms with Crippen LogP contribution in [0.5, 0.6) is 0 Å². The van der Waals surface area contributed by atoms with Crippen molar-refractivity contribution in [3.8, 4) is 0 Å². The molecule has 1 aliphatic heterocycles. The molecule has 112 valence electrons. The maximum absolute atomic E-state index is 12.7. The molecule has 1 saturated heterocycles. The number of rotatable bonds is 1. The van der Waals surface area contributed by atoms with Crippen molar-refractivity contribution in [2.45, 2.75) is 25.0 Å². The molecule has 21 heavy (non-hydrogen) atoms. The van der Waals surface area contributed by atoms with Crippen molar-refractivity contribution in [1.82, 2.24) is 9.47 Å². The number of hydrogen-bond donors (Lipinski definition) is 2. The molecule has 0 spiro atoms. The summed E-state index contributed by atoms with van der Waals surface area (Å²) in [6, 6.07) is 7.76. The summed E-state index contributed by atoms with van der Waals surface area (Å²) in [6.07, 6.45) is 1.29. The number of fused-ring (bicyclic) bond motifs is 1. The second-order valence-electron chi connectivity index (χ2n) is 6.04. The molecule has 0 radical (unpaired) electrons. The van der Waals surface area contributed by atoms with Crippen molar-refractivity contribution in [1.29, 1.82) is 0 Å². The van der Waals surface area contributed by atoms with Gasteiger partial charge in [0.05, 0.1) is 17.3 Å². The van der Waals surface area contributed by atoms with Gasteiger partial charge in [-0.2, -0.15) is 0 Å². The summed E-state index contributed by atoms with van der Waals surface area (Å²) in [4.78, 5) is 14.3. The molecule has 1 fully saturated rings. The van der Waals surface area contributed by atoms with Crippen molar-refractivity contribution < 1.29 is 15.0 Å². The van der Waals surface area contributed by atoms with Crippen molar-refractivity contribution in [2.24, 2.45) is 7.05 Å². The fraction of sp³-hybridized carbons (Fsp3) is 0.438. The average molecular weight is 288 g/mol. The van der Waals surface area contributed by atoms with E-state index >= 15 is 0 Å². The molecule has 0 aliphatic carbocycles. The molecule has 2 unspecified atom stereocenters. The first-order valence-electron chi connectivity index (χ1n) is 7.14. The Hall–Kier alpha value is -1.85. The van der Waals surface area contributed by atoms with Crippen LogP contribution in [-0.2, 0) is 7.05 Å². The number of carbonyl (C=O) groups is 1. The number of aryl methyl sites for hydroxylation is 1. The lowest BCUT2D eigenvalue weighted by atomic mass is 9.90. The monoisotopic (exact) mass is 288 g/mol. The van der Waals surface area contributed by atoms with Crippen LogP contribution in [0, 0.1) is 0 Å². The van der Waals surface area contributed by atoms with Crippen LogP contribution in [0.15, 0.2) is 30.5 Å². The topological polar surface area (TPSA) is 65.7 Å². The van der Waals surface area contributed by atoms with Crippen LogP contribution in [0.25, 0.3) is 10.9 Å². The number of benzene rings is 1. The highest BCUT2D eigenvalue weighted by Gasteiger charge is 2.38. The SMILES string of the molecule is Cn1cc(C(=O)N2CCC(C)(O)C(O)C2)c2ccccc21. The molecule has 1 aromatic carbocycles. The van der Waals surface area contributed by atoms with Gasteiger partial charge < -0.3 is 19.7 Å². The van der Waals surface area contributed by atoms with Crippen molar-refractivity contribution in [3.05, 3.63) is 36.0 Å². The van der Waals surface area contributed by atoms with Gasteiger partial charge in [-0.3, -0.25) is 4.79 Å². The molecule has 1 amide bonds. The fourth-order valence-corrected chi connectivity index (χ4v) is 2.89. The van der Waals surface area contributed by atoms with Gasteiger partial charge in [-0.25, -0.2) is 0 Å². The van der Waals surface area contributed by atoms with Crippen LogP contribution < -0.4 is 0 Å². The van der Waals surface area contributed by atoms with E-state index in [9.17, 15) is 15.0 Å². The predicted octanol–water partition coefficient (Wildman–Crippen LogP) is 1.14. The zero-order chi connectivity index (χ0) is 15.2. The smallest absolute Gasteiger partial charge is 0.256 e. The summed E-state index contributed by atoms with van der Waals surface area (Å²) in [7, 11) is 1.91. The van der Waals surface area contributed by atoms with Crippen LogP contribution >= 0.6 is 0 Å². The third-order valence-electron chi connectivity index (χ3n) is 4.41. The van der Waals surface area contributed by atoms with E-state index in [1.807, 2.05) is 42.1 Å². The highest BCUT2D eigenvalue weighted by molar-refractivity contribution is 6.07. The lowest BCUT2D eigenvalue weighted by Gasteiger charge is -2.39. The number of carbonyl (C=O) groups excluding carboxylic acids is 1. The molecule has 5 heteroatoms. The predicted molar refractivity (Wildman–Crippen MR) is 80.1 cm³/mol. The second kappa shape index (κ2) is 4.86. The van der Waals surface area contributed by atoms with E-state index in [0.29, 0.717) is 18.5 Å². The van der Waals surface area contributed by atoms with E-state index in [1.54, 1.807) is 11.8 Å². The Kier molecular flexibility index (Phi) is 3.26. The number of aromatic nitrogens is 1. The van der Waals surface area contributed by atoms with Crippen molar-refractivity contribution in [2.75, 3.05) is 13.1 Å². The number of aliphatic hydroxyl groups excluding tert-OH is 1. The Morgan fingerprint density at radius 2 is 2.10 bits per heavy atom. The van der Waals surface area contributed by atoms with Gasteiger partial charge in [0, 0.05) is 37.2 Å². The number of piperidine rings is 1. The maximum atomic E-state index is 12.7. The molecule has 2 N–H and O–H groups in total. The van der Waals surface area contributed by atoms with Gasteiger partial charge in [-0.15, -0.1) is 0 Å². The fourth-order valence-electron chi connectivity index (χ4n) is 2.89. The minimum Gasteiger partial charge on any atom is -0.388 e. The van der Waals surface area contributed by atoms with Crippen molar-refractivity contribution in [3.63, 3.8) is 0 Å². The Morgan fingerprint density at radius 1 is 1.38 bits per heavy atom. The summed E-state index contributed by atoms with van der Waals surface area (Å²) in [5, 5.41) is 20.9. The molecule has 1 aromatic heterocycles. The molecule has 2 atom stereocenters. The van der Waals surface area contributed by atoms with Crippen LogP contribution in [0.1, 0.15) is 23.7 Å². The third-order valence-corrected chi connectivity index (χ3v) is 4.41. The Morgan fingerprint density at radius 3 is 2.81 bits per heavy atom. The molecule has 3 rings (SSSR count). The van der Waals surface area contributed by atoms with Crippen LogP contribution in [0.3, 0.4) is 0 Å². The van der Waals surface area contributed by atoms with Crippen LogP contribution in [-0.4, -0.2) is 50.4 Å². The number of β-amino-alcohol motifs (C(OH)–C–C–N with tert-alkyl or cyclic N) is 1. The number of likely N-dealkylation sites (tertiary alicyclic amines) is 1. The molecule has 0 bridgehead atoms. The average Bonchev–Trinajstić information content (AvgIpc) is 2.79. The summed E-state index contributed by atoms with van der Waals surface area (Å²) in [5.74, 6) is -0.0960. The maximum Gasteiger partial charge on any atom is 0.256 e. The number of amides is 1. The Labute approximate surface area is 123 Å². The largest absolute Gasteiger partial charge is 0.388 e. The second-order valence-corrected chi connectivity index (χ2v) is 6.04. The normalized spacial score (nSPS) is 26.3. The summed E-state index contributed by atoms with van der Waals surface area (Å²) in [6.45, 7) is 2.22. The lowest BCUT2D eigenvalue weighted by molar-refractivity contribution is -0.0999. The standard InChI is InChI=1S/C16H20N2O3/c1-16(21)7-8-18(10-14(16)19)15(20)12-9-17(2)13-6-4-3-5-11(12)13/h3-6,9,14,19,21H,7-8,10H2,1-2H3. The number of aliphatic hydroxyl groups is 2. The zero-order valence-electron chi connectivity index (χ0n) is 12.3. The molecular formula is C16H20N2O3. The summed E-state index contributed by atoms with van der Waals surface area (Å²) in [5.41, 5.74) is 0.530. The number of hydrogen-bond acceptors (Lipinski definition) is 3. The quantitative estimate of drug-likeness (QED) is 0.827. The highest BCUT2D eigenvalue weighted by atomic mass is 16.3. The van der Waals surface area contributed by atoms with Gasteiger partial charge in [0.15, 0.2) is 0 Å². The summed E-state index contributed by atoms with van der Waals surface area (Å²) >= 11 is 0. The van der Waals surface area contributed by atoms with E-state index in [-0.39, 0.29) is 12.5 Å². The molecule has 2 heterocycles. The number of para-hydroxylation sites is 1. The molecule has 1 aliphatic rings. The van der Waals surface area contributed by atoms with E-state index < -0.39 is 11.7 Å². The van der Waals surface area contributed by atoms with Gasteiger partial charge in [-0.05, 0) is 19.4 Å². The Bertz CT molecular complexity index is 690. The first-order valence-corrected chi connectivity index (χ1v) is 7.14. The van der Waals surface area contributed by atoms with Gasteiger partial charge >= 0.3 is 0 Å². The van der Waals surface area contributed by atoms with Crippen LogP contribution in [0.4, 0.5) is 0 Å². The number of nitrogens with zero attached hydrogens (tertiary/aromatic N) is 2. The van der Waals surface area contributed by atoms with E-state index in [2.05, 4.69) is 0 Å². The Balaban J connectivity index is 1.92. The van der Waals surface area contributed by atoms with E-state index in [1.165, 1.54) is 0 Å². The molecule has 5 nitrogen and oxygen atoms in total. The van der Waals surface area contributed by atoms with E-state index in [0.717, 1.165) is 10.9 Å². The highest BCUT2D eigenvalue weighted by Crippen LogP contribution is 2.26. The minimum atomic E-state index is -1.12. The summed E-state index contributed by atoms with van der Waals surface area (Å²) < 4.78 is 1.93. The zero-order valence-corrected chi connectivity index (χ0v) is 12.3. The van der Waals surface area contributed by atoms with Gasteiger partial charge in [0.1, 0.15) is 0 Å². The molecular weight excluding hydrogens is 268 g/mol. The van der Waals surface area contributed by atoms with Gasteiger partial charge in [-0.1, -0.05) is 18.2 Å². The lowest BCUT2D eigenvalue weighted by Crippen LogP contribution is -2.55. The molecule has 2 aromatic rings. The van der Waals surface area contributed by atoms with Crippen molar-refractivity contribution >= 4 is 16.8 Å². The van der Waals surface area contributed by atoms with Gasteiger partial charge in [0.2, 0.25) is 0 Å². The van der Waals surface area contributed by atoms with Gasteiger partial charge in [0.25, 0.3) is 5.91 Å². The third kappa shape index (κ3) is 2.32. The first kappa shape index (κ1) is 14.1. The van der Waals surface area contributed by atoms with Crippen LogP contribution in [0.2, 0.25) is 0 Å². The van der Waals surface area contributed by atoms with E-state index in [4.69, 9.17) is 0 Å². The molecule has 0 saturated carbocycles.